The van der Waals surface area contributed by atoms with E-state index in [1.165, 1.54) is 0 Å². The molecule has 0 N–H and O–H groups in total. The first-order chi connectivity index (χ1) is 22.7. The number of benzene rings is 2. The van der Waals surface area contributed by atoms with Crippen molar-refractivity contribution in [3.63, 3.8) is 0 Å². The van der Waals surface area contributed by atoms with Crippen molar-refractivity contribution >= 4 is 65.4 Å². The number of hydrogen-bond donors (Lipinski definition) is 0. The fourth-order valence-electron chi connectivity index (χ4n) is 6.76. The average molecular weight is 699 g/mol. The van der Waals surface area contributed by atoms with Crippen molar-refractivity contribution in [1.82, 2.24) is 7.94 Å². The Morgan fingerprint density at radius 2 is 1.02 bits per heavy atom. The molecule has 0 saturated heterocycles. The molecule has 0 aliphatic heterocycles. The van der Waals surface area contributed by atoms with E-state index in [-0.39, 0.29) is 49.0 Å². The second-order valence-electron chi connectivity index (χ2n) is 12.0. The van der Waals surface area contributed by atoms with E-state index in [9.17, 15) is 36.0 Å². The topological polar surface area (TPSA) is 165 Å². The minimum absolute atomic E-state index is 0.0165. The average Bonchev–Trinajstić information content (AvgIpc) is 3.55. The van der Waals surface area contributed by atoms with Crippen LogP contribution >= 0.6 is 0 Å². The van der Waals surface area contributed by atoms with Crippen molar-refractivity contribution < 1.29 is 45.5 Å². The quantitative estimate of drug-likeness (QED) is 0.242. The van der Waals surface area contributed by atoms with E-state index < -0.39 is 43.8 Å². The summed E-state index contributed by atoms with van der Waals surface area (Å²) in [4.78, 5) is 49.2. The zero-order valence-corrected chi connectivity index (χ0v) is 28.9. The van der Waals surface area contributed by atoms with Gasteiger partial charge in [-0.15, -0.1) is 0 Å². The molecule has 48 heavy (non-hydrogen) atoms. The van der Waals surface area contributed by atoms with Crippen molar-refractivity contribution in [2.75, 3.05) is 25.7 Å². The highest BCUT2D eigenvalue weighted by Gasteiger charge is 2.37. The van der Waals surface area contributed by atoms with E-state index in [1.54, 1.807) is 38.1 Å². The van der Waals surface area contributed by atoms with E-state index in [2.05, 4.69) is 0 Å². The van der Waals surface area contributed by atoms with Crippen LogP contribution in [0.3, 0.4) is 0 Å². The maximum absolute atomic E-state index is 12.9. The van der Waals surface area contributed by atoms with E-state index in [1.807, 2.05) is 24.3 Å². The van der Waals surface area contributed by atoms with Gasteiger partial charge >= 0.3 is 11.9 Å². The van der Waals surface area contributed by atoms with Gasteiger partial charge in [-0.05, 0) is 62.8 Å². The van der Waals surface area contributed by atoms with Gasteiger partial charge in [0.25, 0.3) is 0 Å². The van der Waals surface area contributed by atoms with E-state index in [0.29, 0.717) is 36.7 Å². The Labute approximate surface area is 279 Å². The molecule has 0 spiro atoms. The lowest BCUT2D eigenvalue weighted by Gasteiger charge is -2.21. The number of esters is 2. The first kappa shape index (κ1) is 35.0. The number of aromatic nitrogens is 2. The number of para-hydroxylation sites is 2. The van der Waals surface area contributed by atoms with Gasteiger partial charge in [-0.2, -0.15) is 0 Å². The molecule has 14 heteroatoms. The summed E-state index contributed by atoms with van der Waals surface area (Å²) in [6.45, 7) is 3.93. The van der Waals surface area contributed by atoms with Crippen molar-refractivity contribution in [2.24, 2.45) is 11.8 Å². The van der Waals surface area contributed by atoms with Crippen molar-refractivity contribution in [2.45, 2.75) is 52.4 Å². The summed E-state index contributed by atoms with van der Waals surface area (Å²) < 4.78 is 61.2. The highest BCUT2D eigenvalue weighted by atomic mass is 32.2. The van der Waals surface area contributed by atoms with E-state index in [0.717, 1.165) is 42.4 Å². The number of nitrogens with zero attached hydrogens (tertiary/aromatic N) is 2. The second kappa shape index (κ2) is 13.7. The minimum Gasteiger partial charge on any atom is -0.466 e. The van der Waals surface area contributed by atoms with Crippen molar-refractivity contribution in [1.29, 1.82) is 0 Å². The minimum atomic E-state index is -3.64. The first-order valence-electron chi connectivity index (χ1n) is 15.7. The normalized spacial score (nSPS) is 17.8. The number of rotatable bonds is 8. The van der Waals surface area contributed by atoms with Crippen LogP contribution in [0.5, 0.6) is 0 Å². The van der Waals surface area contributed by atoms with Gasteiger partial charge in [0.2, 0.25) is 20.0 Å². The third-order valence-electron chi connectivity index (χ3n) is 8.67. The van der Waals surface area contributed by atoms with E-state index >= 15 is 0 Å². The number of hydrogen-bond acceptors (Lipinski definition) is 10. The number of aryl methyl sites for hydroxylation is 2. The summed E-state index contributed by atoms with van der Waals surface area (Å²) in [6.07, 6.45) is 4.30. The maximum Gasteiger partial charge on any atom is 0.306 e. The van der Waals surface area contributed by atoms with Crippen LogP contribution in [0.2, 0.25) is 0 Å². The molecule has 0 saturated carbocycles. The number of ether oxygens (including phenoxy) is 2. The highest BCUT2D eigenvalue weighted by Crippen LogP contribution is 2.37. The van der Waals surface area contributed by atoms with Crippen LogP contribution in [0.4, 0.5) is 0 Å². The summed E-state index contributed by atoms with van der Waals surface area (Å²) in [7, 11) is -7.29. The molecule has 2 heterocycles. The Kier molecular flexibility index (Phi) is 9.97. The Balaban J connectivity index is 0.000000188. The van der Waals surface area contributed by atoms with Gasteiger partial charge in [-0.3, -0.25) is 19.2 Å². The fourth-order valence-corrected chi connectivity index (χ4v) is 8.86. The van der Waals surface area contributed by atoms with Crippen LogP contribution in [0.15, 0.2) is 48.5 Å². The number of fused-ring (bicyclic) bond motifs is 6. The summed E-state index contributed by atoms with van der Waals surface area (Å²) in [5.41, 5.74) is 2.91. The van der Waals surface area contributed by atoms with Gasteiger partial charge in [-0.1, -0.05) is 36.4 Å². The molecule has 0 unspecified atom stereocenters. The second-order valence-corrected chi connectivity index (χ2v) is 15.6. The molecule has 0 radical (unpaired) electrons. The van der Waals surface area contributed by atoms with Crippen LogP contribution in [0, 0.1) is 11.8 Å². The number of carbonyl (C=O) groups is 4. The van der Waals surface area contributed by atoms with Crippen LogP contribution in [0.25, 0.3) is 21.8 Å². The molecule has 6 rings (SSSR count). The molecule has 2 atom stereocenters. The largest absolute Gasteiger partial charge is 0.466 e. The molecule has 0 amide bonds. The van der Waals surface area contributed by atoms with Gasteiger partial charge in [0.15, 0.2) is 11.6 Å². The molecule has 2 aromatic heterocycles. The molecule has 12 nitrogen and oxygen atoms in total. The fraction of sp³-hybridized carbons (Fsp3) is 0.412. The molecule has 4 aromatic rings. The number of carbonyl (C=O) groups excluding carboxylic acids is 4. The SMILES string of the molecule is CCOC(=O)C[C@@H]1CCc2c(n(S(C)(=O)=O)c3ccccc23)C1=O.CCOC(=O)C[C@H]1CCc2c(n(S(C)(=O)=O)c3ccccc23)C1=O. The third-order valence-corrected chi connectivity index (χ3v) is 10.8. The molecule has 2 aliphatic carbocycles. The first-order valence-corrected chi connectivity index (χ1v) is 19.4. The molecule has 256 valence electrons. The Hall–Kier alpha value is -4.30. The Morgan fingerprint density at radius 1 is 0.667 bits per heavy atom. The van der Waals surface area contributed by atoms with Gasteiger partial charge < -0.3 is 9.47 Å². The van der Waals surface area contributed by atoms with Gasteiger partial charge in [0.1, 0.15) is 11.4 Å². The smallest absolute Gasteiger partial charge is 0.306 e. The monoisotopic (exact) mass is 698 g/mol. The Bertz CT molecular complexity index is 2010. The lowest BCUT2D eigenvalue weighted by atomic mass is 9.84. The van der Waals surface area contributed by atoms with E-state index in [4.69, 9.17) is 9.47 Å². The van der Waals surface area contributed by atoms with Crippen molar-refractivity contribution in [3.8, 4) is 0 Å². The summed E-state index contributed by atoms with van der Waals surface area (Å²) in [5.74, 6) is -2.54. The van der Waals surface area contributed by atoms with Crippen LogP contribution in [-0.2, 0) is 52.0 Å². The number of Topliss-reactive ketones (excluding diaryl/α,β-unsaturated/α-hetero) is 2. The molecular weight excluding hydrogens is 661 g/mol. The lowest BCUT2D eigenvalue weighted by Crippen LogP contribution is -2.29. The zero-order chi connectivity index (χ0) is 35.0. The van der Waals surface area contributed by atoms with Crippen LogP contribution in [-0.4, -0.2) is 74.0 Å². The Morgan fingerprint density at radius 3 is 1.35 bits per heavy atom. The standard InChI is InChI=1S/2C17H19NO5S/c2*1-3-23-15(19)10-11-8-9-13-12-6-4-5-7-14(12)18(24(2,21)22)16(13)17(11)20/h2*4-7,11H,3,8-10H2,1-2H3/t2*11-/m10/s1. The molecule has 0 fully saturated rings. The van der Waals surface area contributed by atoms with Gasteiger partial charge in [0, 0.05) is 22.6 Å². The zero-order valence-electron chi connectivity index (χ0n) is 27.2. The molecule has 2 aromatic carbocycles. The predicted molar refractivity (Wildman–Crippen MR) is 179 cm³/mol. The van der Waals surface area contributed by atoms with Gasteiger partial charge in [0.05, 0.1) is 49.6 Å². The summed E-state index contributed by atoms with van der Waals surface area (Å²) in [6, 6.07) is 14.2. The third kappa shape index (κ3) is 6.68. The maximum atomic E-state index is 12.9. The molecule has 0 bridgehead atoms. The molecular formula is C34H38N2O10S2. The van der Waals surface area contributed by atoms with Crippen molar-refractivity contribution in [3.05, 3.63) is 71.0 Å². The summed E-state index contributed by atoms with van der Waals surface area (Å²) in [5, 5.41) is 1.56. The number of ketones is 2. The molecule has 2 aliphatic rings. The predicted octanol–water partition coefficient (Wildman–Crippen LogP) is 4.29. The van der Waals surface area contributed by atoms with Crippen LogP contribution < -0.4 is 0 Å². The lowest BCUT2D eigenvalue weighted by molar-refractivity contribution is -0.144. The van der Waals surface area contributed by atoms with Gasteiger partial charge in [-0.25, -0.2) is 24.8 Å². The summed E-state index contributed by atoms with van der Waals surface area (Å²) >= 11 is 0. The highest BCUT2D eigenvalue weighted by molar-refractivity contribution is 7.89. The van der Waals surface area contributed by atoms with Crippen LogP contribution in [0.1, 0.15) is 71.6 Å².